The molecule has 0 spiro atoms. The summed E-state index contributed by atoms with van der Waals surface area (Å²) in [6.07, 6.45) is 5.47. The summed E-state index contributed by atoms with van der Waals surface area (Å²) < 4.78 is 10.5. The number of thioether (sulfide) groups is 1. The molecular formula is C14H18N2O4S2. The molecule has 0 saturated carbocycles. The van der Waals surface area contributed by atoms with Crippen LogP contribution in [0, 0.1) is 0 Å². The minimum atomic E-state index is -0.455. The van der Waals surface area contributed by atoms with E-state index in [1.807, 2.05) is 12.3 Å². The maximum Gasteiger partial charge on any atom is 0.326 e. The fourth-order valence-electron chi connectivity index (χ4n) is 1.96. The van der Waals surface area contributed by atoms with Crippen LogP contribution >= 0.6 is 24.0 Å². The van der Waals surface area contributed by atoms with Crippen molar-refractivity contribution in [3.8, 4) is 0 Å². The Kier molecular flexibility index (Phi) is 6.41. The molecule has 0 aromatic carbocycles. The number of carbonyl (C=O) groups is 2. The highest BCUT2D eigenvalue weighted by atomic mass is 32.2. The molecule has 0 unspecified atom stereocenters. The van der Waals surface area contributed by atoms with Crippen LogP contribution in [-0.4, -0.2) is 65.5 Å². The average molecular weight is 342 g/mol. The van der Waals surface area contributed by atoms with Crippen LogP contribution in [0.1, 0.15) is 6.92 Å². The van der Waals surface area contributed by atoms with Crippen molar-refractivity contribution in [2.24, 2.45) is 0 Å². The van der Waals surface area contributed by atoms with E-state index in [4.69, 9.17) is 21.7 Å². The zero-order valence-corrected chi connectivity index (χ0v) is 14.0. The number of carbonyl (C=O) groups excluding carboxylic acids is 2. The Bertz CT molecular complexity index is 513. The van der Waals surface area contributed by atoms with E-state index in [1.165, 1.54) is 16.7 Å². The van der Waals surface area contributed by atoms with Gasteiger partial charge in [-0.15, -0.1) is 0 Å². The van der Waals surface area contributed by atoms with Gasteiger partial charge in [0.05, 0.1) is 24.7 Å². The Morgan fingerprint density at radius 1 is 1.45 bits per heavy atom. The van der Waals surface area contributed by atoms with Crippen LogP contribution in [0.3, 0.4) is 0 Å². The van der Waals surface area contributed by atoms with Crippen molar-refractivity contribution in [2.45, 2.75) is 6.92 Å². The molecule has 0 aromatic rings. The largest absolute Gasteiger partial charge is 0.465 e. The molecule has 22 heavy (non-hydrogen) atoms. The summed E-state index contributed by atoms with van der Waals surface area (Å²) in [5, 5.41) is 0. The first-order valence-corrected chi connectivity index (χ1v) is 8.24. The van der Waals surface area contributed by atoms with Crippen molar-refractivity contribution in [1.29, 1.82) is 0 Å². The van der Waals surface area contributed by atoms with Crippen LogP contribution in [0.15, 0.2) is 23.3 Å². The van der Waals surface area contributed by atoms with Crippen LogP contribution in [0.4, 0.5) is 0 Å². The number of morpholine rings is 1. The molecule has 0 aromatic heterocycles. The molecule has 1 amide bonds. The third kappa shape index (κ3) is 4.56. The first kappa shape index (κ1) is 17.0. The number of rotatable bonds is 5. The van der Waals surface area contributed by atoms with Crippen LogP contribution in [0.25, 0.3) is 0 Å². The summed E-state index contributed by atoms with van der Waals surface area (Å²) in [5.41, 5.74) is 0. The molecule has 2 aliphatic rings. The Balaban J connectivity index is 1.93. The maximum atomic E-state index is 12.2. The van der Waals surface area contributed by atoms with Gasteiger partial charge in [0, 0.05) is 13.1 Å². The topological polar surface area (TPSA) is 59.1 Å². The van der Waals surface area contributed by atoms with Gasteiger partial charge >= 0.3 is 5.97 Å². The number of thiocarbonyl (C=S) groups is 1. The third-order valence-corrected chi connectivity index (χ3v) is 4.45. The number of esters is 1. The number of amides is 1. The zero-order chi connectivity index (χ0) is 15.9. The predicted molar refractivity (Wildman–Crippen MR) is 88.2 cm³/mol. The lowest BCUT2D eigenvalue weighted by Crippen LogP contribution is -2.34. The van der Waals surface area contributed by atoms with E-state index in [-0.39, 0.29) is 19.1 Å². The van der Waals surface area contributed by atoms with E-state index >= 15 is 0 Å². The van der Waals surface area contributed by atoms with Gasteiger partial charge in [-0.05, 0) is 25.3 Å². The minimum Gasteiger partial charge on any atom is -0.465 e. The van der Waals surface area contributed by atoms with Crippen molar-refractivity contribution in [3.63, 3.8) is 0 Å². The van der Waals surface area contributed by atoms with Gasteiger partial charge in [0.25, 0.3) is 5.91 Å². The highest BCUT2D eigenvalue weighted by Crippen LogP contribution is 2.30. The van der Waals surface area contributed by atoms with Gasteiger partial charge in [0.1, 0.15) is 10.9 Å². The Morgan fingerprint density at radius 2 is 2.18 bits per heavy atom. The summed E-state index contributed by atoms with van der Waals surface area (Å²) in [7, 11) is 0. The number of allylic oxidation sites excluding steroid dienone is 2. The molecule has 120 valence electrons. The molecule has 0 N–H and O–H groups in total. The first-order valence-electron chi connectivity index (χ1n) is 7.01. The monoisotopic (exact) mass is 342 g/mol. The van der Waals surface area contributed by atoms with Gasteiger partial charge < -0.3 is 14.4 Å². The molecule has 2 rings (SSSR count). The molecule has 0 atom stereocenters. The predicted octanol–water partition coefficient (Wildman–Crippen LogP) is 1.14. The lowest BCUT2D eigenvalue weighted by molar-refractivity contribution is -0.145. The van der Waals surface area contributed by atoms with Crippen molar-refractivity contribution < 1.29 is 19.1 Å². The molecule has 2 saturated heterocycles. The SMILES string of the molecule is CCOC(=O)CN1C(=O)/C(=C\C=C\N2CCOCC2)SC1=S. The molecule has 6 nitrogen and oxygen atoms in total. The van der Waals surface area contributed by atoms with E-state index in [1.54, 1.807) is 13.0 Å². The minimum absolute atomic E-state index is 0.136. The average Bonchev–Trinajstić information content (AvgIpc) is 2.76. The fourth-order valence-corrected chi connectivity index (χ4v) is 3.17. The standard InChI is InChI=1S/C14H18N2O4S2/c1-2-20-12(17)10-16-13(18)11(22-14(16)21)4-3-5-15-6-8-19-9-7-15/h3-5H,2,6-10H2,1H3/b5-3+,11-4+. The molecule has 2 aliphatic heterocycles. The summed E-state index contributed by atoms with van der Waals surface area (Å²) in [6.45, 7) is 4.98. The van der Waals surface area contributed by atoms with Crippen LogP contribution in [0.5, 0.6) is 0 Å². The van der Waals surface area contributed by atoms with Crippen molar-refractivity contribution >= 4 is 40.2 Å². The van der Waals surface area contributed by atoms with Crippen molar-refractivity contribution in [1.82, 2.24) is 9.80 Å². The number of ether oxygens (including phenoxy) is 2. The smallest absolute Gasteiger partial charge is 0.326 e. The quantitative estimate of drug-likeness (QED) is 0.422. The Labute approximate surface area is 139 Å². The second-order valence-corrected chi connectivity index (χ2v) is 6.26. The molecule has 2 fully saturated rings. The molecule has 8 heteroatoms. The van der Waals surface area contributed by atoms with Gasteiger partial charge in [-0.25, -0.2) is 0 Å². The Morgan fingerprint density at radius 3 is 2.86 bits per heavy atom. The van der Waals surface area contributed by atoms with Crippen molar-refractivity contribution in [3.05, 3.63) is 23.3 Å². The van der Waals surface area contributed by atoms with Gasteiger partial charge in [-0.2, -0.15) is 0 Å². The molecule has 0 bridgehead atoms. The van der Waals surface area contributed by atoms with Crippen LogP contribution in [-0.2, 0) is 19.1 Å². The van der Waals surface area contributed by atoms with Crippen LogP contribution in [0.2, 0.25) is 0 Å². The van der Waals surface area contributed by atoms with Gasteiger partial charge in [0.15, 0.2) is 0 Å². The van der Waals surface area contributed by atoms with E-state index in [9.17, 15) is 9.59 Å². The third-order valence-electron chi connectivity index (χ3n) is 3.06. The van der Waals surface area contributed by atoms with Gasteiger partial charge in [-0.1, -0.05) is 24.0 Å². The lowest BCUT2D eigenvalue weighted by atomic mass is 10.4. The first-order chi connectivity index (χ1) is 10.6. The number of nitrogens with zero attached hydrogens (tertiary/aromatic N) is 2. The molecule has 0 aliphatic carbocycles. The van der Waals surface area contributed by atoms with Crippen molar-refractivity contribution in [2.75, 3.05) is 39.5 Å². The van der Waals surface area contributed by atoms with Crippen LogP contribution < -0.4 is 0 Å². The van der Waals surface area contributed by atoms with Gasteiger partial charge in [0.2, 0.25) is 0 Å². The van der Waals surface area contributed by atoms with Gasteiger partial charge in [-0.3, -0.25) is 14.5 Å². The maximum absolute atomic E-state index is 12.2. The molecular weight excluding hydrogens is 324 g/mol. The van der Waals surface area contributed by atoms with E-state index < -0.39 is 5.97 Å². The highest BCUT2D eigenvalue weighted by Gasteiger charge is 2.33. The van der Waals surface area contributed by atoms with E-state index in [2.05, 4.69) is 4.90 Å². The highest BCUT2D eigenvalue weighted by molar-refractivity contribution is 8.26. The summed E-state index contributed by atoms with van der Waals surface area (Å²) in [6, 6.07) is 0. The Hall–Kier alpha value is -1.38. The number of hydrogen-bond acceptors (Lipinski definition) is 7. The second kappa shape index (κ2) is 8.30. The zero-order valence-electron chi connectivity index (χ0n) is 12.3. The lowest BCUT2D eigenvalue weighted by Gasteiger charge is -2.24. The van der Waals surface area contributed by atoms with E-state index in [0.717, 1.165) is 13.1 Å². The summed E-state index contributed by atoms with van der Waals surface area (Å²) in [5.74, 6) is -0.710. The second-order valence-electron chi connectivity index (χ2n) is 4.59. The molecule has 0 radical (unpaired) electrons. The summed E-state index contributed by atoms with van der Waals surface area (Å²) >= 11 is 6.34. The fraction of sp³-hybridized carbons (Fsp3) is 0.500. The summed E-state index contributed by atoms with van der Waals surface area (Å²) in [4.78, 5) is 27.6. The number of hydrogen-bond donors (Lipinski definition) is 0. The van der Waals surface area contributed by atoms with E-state index in [0.29, 0.717) is 22.4 Å². The molecule has 2 heterocycles. The normalized spacial score (nSPS) is 21.2.